The maximum atomic E-state index is 0. The quantitative estimate of drug-likeness (QED) is 0.376. The molecule has 0 rings (SSSR count). The maximum absolute atomic E-state index is 0. The summed E-state index contributed by atoms with van der Waals surface area (Å²) in [5.41, 5.74) is 0. The molecule has 0 saturated carbocycles. The summed E-state index contributed by atoms with van der Waals surface area (Å²) in [7, 11) is 0. The van der Waals surface area contributed by atoms with Crippen molar-refractivity contribution in [3.8, 4) is 0 Å². The Labute approximate surface area is 159 Å². The Morgan fingerprint density at radius 1 is 0.300 bits per heavy atom. The van der Waals surface area contributed by atoms with Crippen LogP contribution in [0.4, 0.5) is 0 Å². The molecule has 0 radical (unpaired) electrons. The van der Waals surface area contributed by atoms with E-state index in [2.05, 4.69) is 0 Å². The normalized spacial score (nSPS) is 0. The fourth-order valence-electron chi connectivity index (χ4n) is 0. The third-order valence-electron chi connectivity index (χ3n) is 0. The molecule has 12 N–H and O–H groups in total. The van der Waals surface area contributed by atoms with Gasteiger partial charge in [-0.05, 0) is 0 Å². The van der Waals surface area contributed by atoms with Crippen LogP contribution in [0.3, 0.4) is 0 Å². The molecule has 0 aromatic carbocycles. The van der Waals surface area contributed by atoms with E-state index in [0.29, 0.717) is 0 Å². The van der Waals surface area contributed by atoms with Gasteiger partial charge in [0, 0.05) is 0 Å². The zero-order valence-electron chi connectivity index (χ0n) is 3.00. The van der Waals surface area contributed by atoms with Gasteiger partial charge in [0.1, 0.15) is 0 Å². The molecule has 10 heavy (non-hydrogen) atoms. The zero-order chi connectivity index (χ0) is 0. The van der Waals surface area contributed by atoms with Crippen molar-refractivity contribution in [2.24, 2.45) is 0 Å². The van der Waals surface area contributed by atoms with Gasteiger partial charge in [-0.15, -0.1) is 0 Å². The van der Waals surface area contributed by atoms with Crippen LogP contribution in [0.15, 0.2) is 0 Å². The molecule has 0 aliphatic heterocycles. The SMILES string of the molecule is O.O.O.O.O.O.[AlH3].[CaH2].[CaH2].[CaH2]. The molecule has 0 saturated heterocycles. The summed E-state index contributed by atoms with van der Waals surface area (Å²) >= 11 is 0. The number of rotatable bonds is 0. The van der Waals surface area contributed by atoms with Crippen LogP contribution >= 0.6 is 0 Å². The van der Waals surface area contributed by atoms with Crippen molar-refractivity contribution in [1.29, 1.82) is 0 Å². The van der Waals surface area contributed by atoms with Crippen molar-refractivity contribution in [2.45, 2.75) is 0 Å². The zero-order valence-corrected chi connectivity index (χ0v) is 3.00. The third-order valence-corrected chi connectivity index (χ3v) is 0. The molecule has 0 heterocycles. The minimum absolute atomic E-state index is 0. The summed E-state index contributed by atoms with van der Waals surface area (Å²) < 4.78 is 0. The van der Waals surface area contributed by atoms with Crippen LogP contribution in [-0.4, -0.2) is 163 Å². The van der Waals surface area contributed by atoms with Crippen molar-refractivity contribution < 1.29 is 32.9 Å². The van der Waals surface area contributed by atoms with Gasteiger partial charge in [-0.1, -0.05) is 0 Å². The van der Waals surface area contributed by atoms with Crippen LogP contribution in [0.5, 0.6) is 0 Å². The van der Waals surface area contributed by atoms with Crippen molar-refractivity contribution in [3.63, 3.8) is 0 Å². The standard InChI is InChI=1S/Al.3Ca.6H2O.9H/h;;;;6*1H2;;;;;;;;;. The Kier molecular flexibility index (Phi) is 1670. The first-order chi connectivity index (χ1) is 0. The van der Waals surface area contributed by atoms with E-state index in [1.807, 2.05) is 0 Å². The van der Waals surface area contributed by atoms with Crippen molar-refractivity contribution in [3.05, 3.63) is 0 Å². The van der Waals surface area contributed by atoms with E-state index in [4.69, 9.17) is 0 Å². The van der Waals surface area contributed by atoms with Crippen molar-refractivity contribution in [2.75, 3.05) is 0 Å². The Hall–Kier alpha value is 4.07. The molecule has 0 aliphatic carbocycles. The van der Waals surface area contributed by atoms with Crippen molar-refractivity contribution >= 4 is 131 Å². The Morgan fingerprint density at radius 2 is 0.300 bits per heavy atom. The van der Waals surface area contributed by atoms with Crippen LogP contribution in [0, 0.1) is 0 Å². The van der Waals surface area contributed by atoms with Crippen molar-refractivity contribution in [1.82, 2.24) is 0 Å². The van der Waals surface area contributed by atoms with E-state index in [1.165, 1.54) is 0 Å². The average Bonchev–Trinajstić information content (AvgIpc) is 0. The summed E-state index contributed by atoms with van der Waals surface area (Å²) in [4.78, 5) is 0. The first-order valence-electron chi connectivity index (χ1n) is 0. The molecule has 66 valence electrons. The van der Waals surface area contributed by atoms with Crippen LogP contribution in [0.2, 0.25) is 0 Å². The molecule has 0 spiro atoms. The first kappa shape index (κ1) is 145. The first-order valence-corrected chi connectivity index (χ1v) is 0. The van der Waals surface area contributed by atoms with Crippen LogP contribution in [0.25, 0.3) is 0 Å². The topological polar surface area (TPSA) is 189 Å². The van der Waals surface area contributed by atoms with E-state index in [1.54, 1.807) is 0 Å². The third kappa shape index (κ3) is 89.3. The summed E-state index contributed by atoms with van der Waals surface area (Å²) in [6.45, 7) is 0. The van der Waals surface area contributed by atoms with Gasteiger partial charge in [-0.3, -0.25) is 0 Å². The van der Waals surface area contributed by atoms with Gasteiger partial charge < -0.3 is 32.9 Å². The van der Waals surface area contributed by atoms with Gasteiger partial charge in [0.05, 0.1) is 0 Å². The van der Waals surface area contributed by atoms with E-state index >= 15 is 0 Å². The second-order valence-corrected chi connectivity index (χ2v) is 0. The van der Waals surface area contributed by atoms with Gasteiger partial charge in [0.15, 0.2) is 17.4 Å². The monoisotopic (exact) mass is 264 g/mol. The van der Waals surface area contributed by atoms with Gasteiger partial charge in [-0.2, -0.15) is 0 Å². The summed E-state index contributed by atoms with van der Waals surface area (Å²) in [5.74, 6) is 0. The predicted molar refractivity (Wildman–Crippen MR) is 57.3 cm³/mol. The van der Waals surface area contributed by atoms with Crippen LogP contribution in [0.1, 0.15) is 0 Å². The molecular formula is H21AlCa3O6. The Balaban J connectivity index is 0. The molecule has 0 aromatic rings. The van der Waals surface area contributed by atoms with E-state index in [0.717, 1.165) is 0 Å². The molecule has 10 heteroatoms. The van der Waals surface area contributed by atoms with E-state index in [-0.39, 0.29) is 163 Å². The molecule has 6 nitrogen and oxygen atoms in total. The predicted octanol–water partition coefficient (Wildman–Crippen LogP) is -8.88. The molecule has 0 aromatic heterocycles. The Bertz CT molecular complexity index is 13.0. The number of hydrogen-bond acceptors (Lipinski definition) is 0. The molecular weight excluding hydrogens is 243 g/mol. The second-order valence-electron chi connectivity index (χ2n) is 0. The molecule has 0 bridgehead atoms. The summed E-state index contributed by atoms with van der Waals surface area (Å²) in [6, 6.07) is 0. The van der Waals surface area contributed by atoms with Gasteiger partial charge in [0.2, 0.25) is 0 Å². The molecule has 0 unspecified atom stereocenters. The fourth-order valence-corrected chi connectivity index (χ4v) is 0. The van der Waals surface area contributed by atoms with Gasteiger partial charge in [-0.25, -0.2) is 0 Å². The minimum atomic E-state index is 0. The number of hydrogen-bond donors (Lipinski definition) is 0. The summed E-state index contributed by atoms with van der Waals surface area (Å²) in [5, 5.41) is 0. The summed E-state index contributed by atoms with van der Waals surface area (Å²) in [6.07, 6.45) is 0. The van der Waals surface area contributed by atoms with Gasteiger partial charge >= 0.3 is 113 Å². The Morgan fingerprint density at radius 3 is 0.300 bits per heavy atom. The second kappa shape index (κ2) is 115. The molecule has 0 aliphatic rings. The van der Waals surface area contributed by atoms with Gasteiger partial charge in [0.25, 0.3) is 0 Å². The molecule has 0 fully saturated rings. The molecule has 0 amide bonds. The molecule has 0 atom stereocenters. The van der Waals surface area contributed by atoms with E-state index < -0.39 is 0 Å². The average molecular weight is 264 g/mol. The fraction of sp³-hybridized carbons (Fsp3) is 0. The van der Waals surface area contributed by atoms with E-state index in [9.17, 15) is 0 Å². The van der Waals surface area contributed by atoms with Crippen LogP contribution in [-0.2, 0) is 0 Å². The van der Waals surface area contributed by atoms with Crippen LogP contribution < -0.4 is 0 Å².